The highest BCUT2D eigenvalue weighted by Crippen LogP contribution is 2.35. The summed E-state index contributed by atoms with van der Waals surface area (Å²) in [5, 5.41) is 3.84. The van der Waals surface area contributed by atoms with Crippen molar-refractivity contribution in [2.75, 3.05) is 30.7 Å². The van der Waals surface area contributed by atoms with Crippen LogP contribution in [0.3, 0.4) is 0 Å². The molecule has 7 heteroatoms. The Hall–Kier alpha value is -1.96. The molecule has 1 spiro atoms. The number of halogens is 1. The number of nitrogens with one attached hydrogen (secondary N) is 1. The van der Waals surface area contributed by atoms with Crippen LogP contribution in [0.25, 0.3) is 0 Å². The predicted molar refractivity (Wildman–Crippen MR) is 134 cm³/mol. The monoisotopic (exact) mass is 498 g/mol. The molecule has 0 radical (unpaired) electrons. The second-order valence-electron chi connectivity index (χ2n) is 8.00. The number of aliphatic imine (C=N–C) groups is 2. The van der Waals surface area contributed by atoms with E-state index < -0.39 is 0 Å². The van der Waals surface area contributed by atoms with Crippen LogP contribution in [-0.4, -0.2) is 52.6 Å². The normalized spacial score (nSPS) is 18.0. The van der Waals surface area contributed by atoms with Gasteiger partial charge in [0.05, 0.1) is 11.5 Å². The number of hydrogen-bond donors (Lipinski definition) is 1. The fraction of sp³-hybridized carbons (Fsp3) is 0.375. The Morgan fingerprint density at radius 1 is 1.10 bits per heavy atom. The van der Waals surface area contributed by atoms with Gasteiger partial charge in [0.15, 0.2) is 5.66 Å². The molecule has 2 aromatic carbocycles. The van der Waals surface area contributed by atoms with Crippen LogP contribution in [0.4, 0.5) is 5.69 Å². The molecule has 162 valence electrons. The minimum atomic E-state index is -0.385. The predicted octanol–water partition coefficient (Wildman–Crippen LogP) is 5.14. The van der Waals surface area contributed by atoms with Crippen LogP contribution in [0.1, 0.15) is 30.9 Å². The van der Waals surface area contributed by atoms with Gasteiger partial charge in [0, 0.05) is 41.7 Å². The van der Waals surface area contributed by atoms with E-state index in [0.29, 0.717) is 5.75 Å². The second-order valence-corrected chi connectivity index (χ2v) is 9.88. The molecular weight excluding hydrogens is 472 g/mol. The lowest BCUT2D eigenvalue weighted by molar-refractivity contribution is -0.113. The van der Waals surface area contributed by atoms with Crippen LogP contribution >= 0.6 is 27.7 Å². The third-order valence-electron chi connectivity index (χ3n) is 5.73. The Morgan fingerprint density at radius 3 is 2.42 bits per heavy atom. The molecule has 1 fully saturated rings. The minimum Gasteiger partial charge on any atom is -0.325 e. The zero-order valence-corrected chi connectivity index (χ0v) is 20.3. The van der Waals surface area contributed by atoms with E-state index in [2.05, 4.69) is 45.2 Å². The third kappa shape index (κ3) is 5.45. The van der Waals surface area contributed by atoms with Gasteiger partial charge in [-0.2, -0.15) is 0 Å². The molecular formula is C24H27BrN4OS. The van der Waals surface area contributed by atoms with Crippen molar-refractivity contribution < 1.29 is 4.79 Å². The molecule has 0 atom stereocenters. The highest BCUT2D eigenvalue weighted by Gasteiger charge is 2.39. The fourth-order valence-electron chi connectivity index (χ4n) is 3.84. The van der Waals surface area contributed by atoms with Crippen LogP contribution in [0.15, 0.2) is 63.0 Å². The summed E-state index contributed by atoms with van der Waals surface area (Å²) in [6, 6.07) is 16.0. The first-order chi connectivity index (χ1) is 15.0. The molecule has 1 amide bonds. The molecule has 2 aliphatic rings. The molecule has 5 nitrogen and oxygen atoms in total. The molecule has 4 rings (SSSR count). The van der Waals surface area contributed by atoms with Crippen molar-refractivity contribution in [2.45, 2.75) is 32.4 Å². The Morgan fingerprint density at radius 2 is 1.77 bits per heavy atom. The number of aryl methyl sites for hydroxylation is 1. The summed E-state index contributed by atoms with van der Waals surface area (Å²) in [6.07, 6.45) is 1.83. The van der Waals surface area contributed by atoms with E-state index in [4.69, 9.17) is 9.98 Å². The van der Waals surface area contributed by atoms with Crippen molar-refractivity contribution in [2.24, 2.45) is 9.98 Å². The fourth-order valence-corrected chi connectivity index (χ4v) is 4.98. The Balaban J connectivity index is 1.49. The highest BCUT2D eigenvalue weighted by molar-refractivity contribution is 9.10. The number of hydrogen-bond acceptors (Lipinski definition) is 5. The van der Waals surface area contributed by atoms with Gasteiger partial charge in [-0.05, 0) is 37.7 Å². The first-order valence-corrected chi connectivity index (χ1v) is 12.4. The van der Waals surface area contributed by atoms with E-state index in [0.717, 1.165) is 59.0 Å². The molecule has 2 aromatic rings. The van der Waals surface area contributed by atoms with Crippen LogP contribution in [0.2, 0.25) is 0 Å². The quantitative estimate of drug-likeness (QED) is 0.620. The number of likely N-dealkylation sites (tertiary alicyclic amines) is 1. The van der Waals surface area contributed by atoms with E-state index >= 15 is 0 Å². The maximum absolute atomic E-state index is 12.6. The summed E-state index contributed by atoms with van der Waals surface area (Å²) in [5.41, 5.74) is 3.55. The Labute approximate surface area is 196 Å². The number of nitrogens with zero attached hydrogens (tertiary/aromatic N) is 3. The molecule has 2 aliphatic heterocycles. The SMILES string of the molecule is CCN1CCC2(CC1)N=C(SCC(=O)Nc1ccc(C)cc1)C(c1ccc(Br)cc1)=N2. The van der Waals surface area contributed by atoms with Crippen molar-refractivity contribution in [3.05, 3.63) is 64.1 Å². The minimum absolute atomic E-state index is 0.0338. The van der Waals surface area contributed by atoms with Crippen molar-refractivity contribution in [1.29, 1.82) is 0 Å². The zero-order chi connectivity index (χ0) is 21.8. The number of carbonyl (C=O) groups excluding carboxylic acids is 1. The second kappa shape index (κ2) is 9.67. The number of amides is 1. The van der Waals surface area contributed by atoms with E-state index in [9.17, 15) is 4.79 Å². The highest BCUT2D eigenvalue weighted by atomic mass is 79.9. The number of anilines is 1. The number of piperidine rings is 1. The van der Waals surface area contributed by atoms with E-state index in [-0.39, 0.29) is 11.6 Å². The average Bonchev–Trinajstić information content (AvgIpc) is 3.13. The summed E-state index contributed by atoms with van der Waals surface area (Å²) in [7, 11) is 0. The van der Waals surface area contributed by atoms with Gasteiger partial charge in [0.2, 0.25) is 5.91 Å². The standard InChI is InChI=1S/C24H27BrN4OS/c1-3-29-14-12-24(13-15-29)27-22(18-6-8-19(25)9-7-18)23(28-24)31-16-21(30)26-20-10-4-17(2)5-11-20/h4-11H,3,12-16H2,1-2H3,(H,26,30). The molecule has 0 bridgehead atoms. The van der Waals surface area contributed by atoms with E-state index in [1.807, 2.05) is 43.3 Å². The van der Waals surface area contributed by atoms with Gasteiger partial charge in [-0.15, -0.1) is 0 Å². The van der Waals surface area contributed by atoms with Crippen molar-refractivity contribution in [3.8, 4) is 0 Å². The van der Waals surface area contributed by atoms with Crippen LogP contribution in [-0.2, 0) is 4.79 Å². The lowest BCUT2D eigenvalue weighted by atomic mass is 9.98. The molecule has 0 aliphatic carbocycles. The summed E-state index contributed by atoms with van der Waals surface area (Å²) < 4.78 is 1.03. The third-order valence-corrected chi connectivity index (χ3v) is 7.22. The summed E-state index contributed by atoms with van der Waals surface area (Å²) in [6.45, 7) is 7.29. The Bertz CT molecular complexity index is 993. The van der Waals surface area contributed by atoms with Gasteiger partial charge >= 0.3 is 0 Å². The van der Waals surface area contributed by atoms with Crippen LogP contribution < -0.4 is 5.32 Å². The molecule has 1 N–H and O–H groups in total. The lowest BCUT2D eigenvalue weighted by Gasteiger charge is -2.34. The number of carbonyl (C=O) groups is 1. The molecule has 0 unspecified atom stereocenters. The Kier molecular flexibility index (Phi) is 6.94. The molecule has 0 aromatic heterocycles. The maximum Gasteiger partial charge on any atom is 0.234 e. The molecule has 2 heterocycles. The largest absolute Gasteiger partial charge is 0.325 e. The summed E-state index contributed by atoms with van der Waals surface area (Å²) in [5.74, 6) is 0.271. The van der Waals surface area contributed by atoms with Gasteiger partial charge < -0.3 is 10.2 Å². The van der Waals surface area contributed by atoms with Crippen molar-refractivity contribution >= 4 is 50.0 Å². The van der Waals surface area contributed by atoms with Gasteiger partial charge in [-0.3, -0.25) is 9.79 Å². The van der Waals surface area contributed by atoms with Gasteiger partial charge in [0.1, 0.15) is 5.04 Å². The number of rotatable bonds is 5. The maximum atomic E-state index is 12.6. The summed E-state index contributed by atoms with van der Waals surface area (Å²) in [4.78, 5) is 25.2. The van der Waals surface area contributed by atoms with E-state index in [1.165, 1.54) is 17.3 Å². The van der Waals surface area contributed by atoms with Gasteiger partial charge in [-0.25, -0.2) is 4.99 Å². The molecule has 1 saturated heterocycles. The zero-order valence-electron chi connectivity index (χ0n) is 17.9. The smallest absolute Gasteiger partial charge is 0.234 e. The average molecular weight is 499 g/mol. The van der Waals surface area contributed by atoms with Crippen molar-refractivity contribution in [3.63, 3.8) is 0 Å². The first kappa shape index (κ1) is 22.2. The van der Waals surface area contributed by atoms with Crippen molar-refractivity contribution in [1.82, 2.24) is 4.90 Å². The molecule has 31 heavy (non-hydrogen) atoms. The summed E-state index contributed by atoms with van der Waals surface area (Å²) >= 11 is 4.98. The lowest BCUT2D eigenvalue weighted by Crippen LogP contribution is -2.41. The number of thioether (sulfide) groups is 1. The first-order valence-electron chi connectivity index (χ1n) is 10.6. The van der Waals surface area contributed by atoms with Crippen LogP contribution in [0, 0.1) is 6.92 Å². The van der Waals surface area contributed by atoms with Gasteiger partial charge in [0.25, 0.3) is 0 Å². The molecule has 0 saturated carbocycles. The van der Waals surface area contributed by atoms with E-state index in [1.54, 1.807) is 0 Å². The number of benzene rings is 2. The topological polar surface area (TPSA) is 57.1 Å². The van der Waals surface area contributed by atoms with Crippen LogP contribution in [0.5, 0.6) is 0 Å². The van der Waals surface area contributed by atoms with Gasteiger partial charge in [-0.1, -0.05) is 64.4 Å².